The molecule has 1 aromatic rings. The van der Waals surface area contributed by atoms with Gasteiger partial charge < -0.3 is 0 Å². The first-order valence-corrected chi connectivity index (χ1v) is 6.09. The van der Waals surface area contributed by atoms with Crippen molar-refractivity contribution in [3.8, 4) is 0 Å². The molecular weight excluding hydrogens is 227 g/mol. The summed E-state index contributed by atoms with van der Waals surface area (Å²) in [6.45, 7) is 4.31. The van der Waals surface area contributed by atoms with Crippen molar-refractivity contribution in [1.29, 1.82) is 0 Å². The average molecular weight is 243 g/mol. The van der Waals surface area contributed by atoms with Crippen LogP contribution in [-0.4, -0.2) is 0 Å². The summed E-state index contributed by atoms with van der Waals surface area (Å²) >= 11 is 12.0. The minimum atomic E-state index is 0.691. The first-order chi connectivity index (χ1) is 7.19. The SMILES string of the molecule is CCC=C(CCC)c1ccc(Cl)cc1Cl. The highest BCUT2D eigenvalue weighted by Gasteiger charge is 2.05. The number of hydrogen-bond acceptors (Lipinski definition) is 0. The van der Waals surface area contributed by atoms with Crippen molar-refractivity contribution in [2.75, 3.05) is 0 Å². The molecular formula is C13H16Cl2. The Kier molecular flexibility index (Phi) is 5.21. The van der Waals surface area contributed by atoms with E-state index in [4.69, 9.17) is 23.2 Å². The minimum Gasteiger partial charge on any atom is -0.0843 e. The molecule has 0 aliphatic carbocycles. The van der Waals surface area contributed by atoms with Crippen LogP contribution in [0.15, 0.2) is 24.3 Å². The Morgan fingerprint density at radius 1 is 1.27 bits per heavy atom. The molecule has 0 radical (unpaired) electrons. The van der Waals surface area contributed by atoms with Crippen LogP contribution in [0.2, 0.25) is 10.0 Å². The van der Waals surface area contributed by atoms with Gasteiger partial charge in [-0.3, -0.25) is 0 Å². The third kappa shape index (κ3) is 3.55. The third-order valence-electron chi connectivity index (χ3n) is 2.25. The van der Waals surface area contributed by atoms with Crippen molar-refractivity contribution in [1.82, 2.24) is 0 Å². The minimum absolute atomic E-state index is 0.691. The quantitative estimate of drug-likeness (QED) is 0.646. The van der Waals surface area contributed by atoms with Crippen molar-refractivity contribution >= 4 is 28.8 Å². The van der Waals surface area contributed by atoms with Crippen LogP contribution in [0.4, 0.5) is 0 Å². The van der Waals surface area contributed by atoms with Gasteiger partial charge >= 0.3 is 0 Å². The number of rotatable bonds is 4. The van der Waals surface area contributed by atoms with Gasteiger partial charge in [0.25, 0.3) is 0 Å². The van der Waals surface area contributed by atoms with Gasteiger partial charge in [-0.15, -0.1) is 0 Å². The summed E-state index contributed by atoms with van der Waals surface area (Å²) < 4.78 is 0. The Bertz CT molecular complexity index is 354. The van der Waals surface area contributed by atoms with Gasteiger partial charge in [0, 0.05) is 10.0 Å². The van der Waals surface area contributed by atoms with Crippen LogP contribution in [0.5, 0.6) is 0 Å². The number of halogens is 2. The highest BCUT2D eigenvalue weighted by molar-refractivity contribution is 6.35. The van der Waals surface area contributed by atoms with E-state index < -0.39 is 0 Å². The van der Waals surface area contributed by atoms with Gasteiger partial charge in [-0.2, -0.15) is 0 Å². The molecule has 0 saturated heterocycles. The molecule has 0 saturated carbocycles. The molecule has 1 rings (SSSR count). The van der Waals surface area contributed by atoms with Crippen molar-refractivity contribution < 1.29 is 0 Å². The standard InChI is InChI=1S/C13H16Cl2/c1-3-5-10(6-4-2)12-8-7-11(14)9-13(12)15/h5,7-9H,3-4,6H2,1-2H3. The summed E-state index contributed by atoms with van der Waals surface area (Å²) in [6.07, 6.45) is 5.47. The lowest BCUT2D eigenvalue weighted by molar-refractivity contribution is 0.967. The van der Waals surface area contributed by atoms with Gasteiger partial charge in [0.05, 0.1) is 0 Å². The van der Waals surface area contributed by atoms with E-state index in [2.05, 4.69) is 19.9 Å². The van der Waals surface area contributed by atoms with E-state index in [1.54, 1.807) is 6.07 Å². The number of benzene rings is 1. The molecule has 0 aliphatic rings. The van der Waals surface area contributed by atoms with Gasteiger partial charge in [-0.05, 0) is 36.1 Å². The fourth-order valence-corrected chi connectivity index (χ4v) is 2.14. The summed E-state index contributed by atoms with van der Waals surface area (Å²) in [5.74, 6) is 0. The molecule has 0 heterocycles. The molecule has 0 unspecified atom stereocenters. The van der Waals surface area contributed by atoms with E-state index in [-0.39, 0.29) is 0 Å². The summed E-state index contributed by atoms with van der Waals surface area (Å²) in [5.41, 5.74) is 2.44. The number of hydrogen-bond donors (Lipinski definition) is 0. The first-order valence-electron chi connectivity index (χ1n) is 5.33. The maximum Gasteiger partial charge on any atom is 0.0495 e. The Balaban J connectivity index is 3.06. The van der Waals surface area contributed by atoms with E-state index in [9.17, 15) is 0 Å². The number of allylic oxidation sites excluding steroid dienone is 2. The summed E-state index contributed by atoms with van der Waals surface area (Å²) in [4.78, 5) is 0. The van der Waals surface area contributed by atoms with Crippen LogP contribution < -0.4 is 0 Å². The molecule has 0 atom stereocenters. The normalized spacial score (nSPS) is 11.9. The van der Waals surface area contributed by atoms with Crippen LogP contribution in [0, 0.1) is 0 Å². The van der Waals surface area contributed by atoms with Gasteiger partial charge in [-0.1, -0.05) is 55.6 Å². The molecule has 0 fully saturated rings. The lowest BCUT2D eigenvalue weighted by Gasteiger charge is -2.09. The Morgan fingerprint density at radius 3 is 2.53 bits per heavy atom. The zero-order chi connectivity index (χ0) is 11.3. The molecule has 2 heteroatoms. The van der Waals surface area contributed by atoms with Crippen molar-refractivity contribution in [2.24, 2.45) is 0 Å². The van der Waals surface area contributed by atoms with Crippen molar-refractivity contribution in [3.63, 3.8) is 0 Å². The second kappa shape index (κ2) is 6.19. The smallest absolute Gasteiger partial charge is 0.0495 e. The van der Waals surface area contributed by atoms with Gasteiger partial charge in [-0.25, -0.2) is 0 Å². The van der Waals surface area contributed by atoms with Gasteiger partial charge in [0.1, 0.15) is 0 Å². The first kappa shape index (κ1) is 12.6. The maximum atomic E-state index is 6.17. The molecule has 0 aromatic heterocycles. The zero-order valence-corrected chi connectivity index (χ0v) is 10.7. The molecule has 0 aliphatic heterocycles. The molecule has 0 amide bonds. The van der Waals surface area contributed by atoms with E-state index in [1.807, 2.05) is 12.1 Å². The Hall–Kier alpha value is -0.460. The molecule has 0 bridgehead atoms. The average Bonchev–Trinajstić information content (AvgIpc) is 2.17. The lowest BCUT2D eigenvalue weighted by Crippen LogP contribution is -1.86. The molecule has 82 valence electrons. The van der Waals surface area contributed by atoms with Crippen LogP contribution in [0.25, 0.3) is 5.57 Å². The fraction of sp³-hybridized carbons (Fsp3) is 0.385. The van der Waals surface area contributed by atoms with Gasteiger partial charge in [0.15, 0.2) is 0 Å². The Labute approximate surface area is 102 Å². The summed E-state index contributed by atoms with van der Waals surface area (Å²) in [5, 5.41) is 1.44. The predicted molar refractivity (Wildman–Crippen MR) is 69.6 cm³/mol. The fourth-order valence-electron chi connectivity index (χ4n) is 1.61. The highest BCUT2D eigenvalue weighted by Crippen LogP contribution is 2.29. The summed E-state index contributed by atoms with van der Waals surface area (Å²) in [7, 11) is 0. The second-order valence-electron chi connectivity index (χ2n) is 3.51. The van der Waals surface area contributed by atoms with Crippen molar-refractivity contribution in [3.05, 3.63) is 39.9 Å². The van der Waals surface area contributed by atoms with Gasteiger partial charge in [0.2, 0.25) is 0 Å². The van der Waals surface area contributed by atoms with E-state index >= 15 is 0 Å². The lowest BCUT2D eigenvalue weighted by atomic mass is 10.0. The monoisotopic (exact) mass is 242 g/mol. The largest absolute Gasteiger partial charge is 0.0843 e. The second-order valence-corrected chi connectivity index (χ2v) is 4.36. The van der Waals surface area contributed by atoms with E-state index in [0.717, 1.165) is 29.8 Å². The van der Waals surface area contributed by atoms with E-state index in [0.29, 0.717) is 5.02 Å². The van der Waals surface area contributed by atoms with E-state index in [1.165, 1.54) is 5.57 Å². The van der Waals surface area contributed by atoms with Crippen molar-refractivity contribution in [2.45, 2.75) is 33.1 Å². The molecule has 0 N–H and O–H groups in total. The highest BCUT2D eigenvalue weighted by atomic mass is 35.5. The van der Waals surface area contributed by atoms with Crippen LogP contribution in [0.3, 0.4) is 0 Å². The zero-order valence-electron chi connectivity index (χ0n) is 9.19. The topological polar surface area (TPSA) is 0 Å². The third-order valence-corrected chi connectivity index (χ3v) is 2.79. The van der Waals surface area contributed by atoms with Crippen LogP contribution in [-0.2, 0) is 0 Å². The molecule has 0 nitrogen and oxygen atoms in total. The molecule has 15 heavy (non-hydrogen) atoms. The predicted octanol–water partition coefficient (Wildman–Crippen LogP) is 5.59. The van der Waals surface area contributed by atoms with Crippen LogP contribution >= 0.6 is 23.2 Å². The molecule has 0 spiro atoms. The maximum absolute atomic E-state index is 6.17. The molecule has 1 aromatic carbocycles. The summed E-state index contributed by atoms with van der Waals surface area (Å²) in [6, 6.07) is 5.70. The van der Waals surface area contributed by atoms with Crippen LogP contribution in [0.1, 0.15) is 38.7 Å². The Morgan fingerprint density at radius 2 is 2.00 bits per heavy atom.